The van der Waals surface area contributed by atoms with Crippen LogP contribution < -0.4 is 10.1 Å². The van der Waals surface area contributed by atoms with Crippen LogP contribution in [0.2, 0.25) is 0 Å². The normalized spacial score (nSPS) is 10.7. The zero-order valence-electron chi connectivity index (χ0n) is 15.9. The molecule has 1 amide bonds. The van der Waals surface area contributed by atoms with Gasteiger partial charge in [-0.3, -0.25) is 14.9 Å². The minimum atomic E-state index is -0.507. The highest BCUT2D eigenvalue weighted by Crippen LogP contribution is 2.28. The van der Waals surface area contributed by atoms with Crippen molar-refractivity contribution in [3.8, 4) is 5.75 Å². The fourth-order valence-corrected chi connectivity index (χ4v) is 2.68. The van der Waals surface area contributed by atoms with Crippen LogP contribution in [-0.4, -0.2) is 36.4 Å². The minimum Gasteiger partial charge on any atom is -0.495 e. The number of nitro benzene ring substituents is 1. The van der Waals surface area contributed by atoms with Gasteiger partial charge in [0.25, 0.3) is 5.69 Å². The second-order valence-corrected chi connectivity index (χ2v) is 6.35. The standard InChI is InChI=1S/C20H25N3O4/c1-4-15-5-7-16(8-6-15)14-22(2)12-11-20(24)21-18-13-17(23(25)26)9-10-19(18)27-3/h5-10,13H,4,11-12,14H2,1-3H3,(H,21,24). The van der Waals surface area contributed by atoms with Crippen molar-refractivity contribution in [1.29, 1.82) is 0 Å². The summed E-state index contributed by atoms with van der Waals surface area (Å²) in [5.41, 5.74) is 2.69. The summed E-state index contributed by atoms with van der Waals surface area (Å²) >= 11 is 0. The third-order valence-electron chi connectivity index (χ3n) is 4.27. The summed E-state index contributed by atoms with van der Waals surface area (Å²) in [4.78, 5) is 24.7. The van der Waals surface area contributed by atoms with E-state index < -0.39 is 4.92 Å². The number of anilines is 1. The van der Waals surface area contributed by atoms with Crippen molar-refractivity contribution in [1.82, 2.24) is 4.90 Å². The quantitative estimate of drug-likeness (QED) is 0.537. The molecule has 2 aromatic rings. The largest absolute Gasteiger partial charge is 0.495 e. The number of rotatable bonds is 9. The second-order valence-electron chi connectivity index (χ2n) is 6.35. The minimum absolute atomic E-state index is 0.0984. The highest BCUT2D eigenvalue weighted by atomic mass is 16.6. The number of nitrogens with zero attached hydrogens (tertiary/aromatic N) is 2. The van der Waals surface area contributed by atoms with Crippen molar-refractivity contribution in [2.45, 2.75) is 26.3 Å². The molecule has 144 valence electrons. The number of benzene rings is 2. The number of aryl methyl sites for hydroxylation is 1. The molecule has 0 unspecified atom stereocenters. The van der Waals surface area contributed by atoms with Crippen molar-refractivity contribution in [2.24, 2.45) is 0 Å². The fraction of sp³-hybridized carbons (Fsp3) is 0.350. The van der Waals surface area contributed by atoms with Crippen molar-refractivity contribution < 1.29 is 14.5 Å². The van der Waals surface area contributed by atoms with Gasteiger partial charge in [-0.1, -0.05) is 31.2 Å². The first-order valence-electron chi connectivity index (χ1n) is 8.81. The van der Waals surface area contributed by atoms with Gasteiger partial charge < -0.3 is 15.0 Å². The molecule has 0 atom stereocenters. The van der Waals surface area contributed by atoms with Crippen LogP contribution in [0, 0.1) is 10.1 Å². The molecule has 0 saturated heterocycles. The molecular weight excluding hydrogens is 346 g/mol. The number of ether oxygens (including phenoxy) is 1. The van der Waals surface area contributed by atoms with E-state index in [1.54, 1.807) is 0 Å². The number of hydrogen-bond donors (Lipinski definition) is 1. The molecule has 7 nitrogen and oxygen atoms in total. The van der Waals surface area contributed by atoms with E-state index in [2.05, 4.69) is 41.4 Å². The Balaban J connectivity index is 1.89. The molecule has 0 bridgehead atoms. The number of nitro groups is 1. The van der Waals surface area contributed by atoms with Crippen molar-refractivity contribution in [3.63, 3.8) is 0 Å². The van der Waals surface area contributed by atoms with Gasteiger partial charge in [0.15, 0.2) is 0 Å². The number of amides is 1. The Bertz CT molecular complexity index is 790. The second kappa shape index (κ2) is 9.68. The number of nitrogens with one attached hydrogen (secondary N) is 1. The van der Waals surface area contributed by atoms with Gasteiger partial charge in [0.05, 0.1) is 17.7 Å². The van der Waals surface area contributed by atoms with Gasteiger partial charge in [-0.2, -0.15) is 0 Å². The van der Waals surface area contributed by atoms with E-state index in [9.17, 15) is 14.9 Å². The molecule has 1 N–H and O–H groups in total. The lowest BCUT2D eigenvalue weighted by atomic mass is 10.1. The molecule has 2 rings (SSSR count). The van der Waals surface area contributed by atoms with E-state index in [-0.39, 0.29) is 18.0 Å². The van der Waals surface area contributed by atoms with Gasteiger partial charge in [-0.25, -0.2) is 0 Å². The maximum absolute atomic E-state index is 12.2. The predicted molar refractivity (Wildman–Crippen MR) is 105 cm³/mol. The van der Waals surface area contributed by atoms with Crippen LogP contribution in [0.25, 0.3) is 0 Å². The average molecular weight is 371 g/mol. The summed E-state index contributed by atoms with van der Waals surface area (Å²) in [5, 5.41) is 13.6. The van der Waals surface area contributed by atoms with Crippen LogP contribution >= 0.6 is 0 Å². The van der Waals surface area contributed by atoms with Gasteiger partial charge in [0, 0.05) is 31.6 Å². The predicted octanol–water partition coefficient (Wildman–Crippen LogP) is 3.63. The fourth-order valence-electron chi connectivity index (χ4n) is 2.68. The Morgan fingerprint density at radius 1 is 1.19 bits per heavy atom. The van der Waals surface area contributed by atoms with Crippen molar-refractivity contribution in [3.05, 3.63) is 63.7 Å². The maximum atomic E-state index is 12.2. The first kappa shape index (κ1) is 20.4. The molecule has 7 heteroatoms. The Kier molecular flexibility index (Phi) is 7.31. The summed E-state index contributed by atoms with van der Waals surface area (Å²) in [6.07, 6.45) is 1.28. The van der Waals surface area contributed by atoms with Crippen LogP contribution in [-0.2, 0) is 17.8 Å². The number of hydrogen-bond acceptors (Lipinski definition) is 5. The maximum Gasteiger partial charge on any atom is 0.271 e. The Morgan fingerprint density at radius 3 is 2.44 bits per heavy atom. The smallest absolute Gasteiger partial charge is 0.271 e. The molecule has 0 heterocycles. The number of non-ortho nitro benzene ring substituents is 1. The van der Waals surface area contributed by atoms with Gasteiger partial charge in [0.1, 0.15) is 5.75 Å². The zero-order chi connectivity index (χ0) is 19.8. The first-order chi connectivity index (χ1) is 12.9. The van der Waals surface area contributed by atoms with E-state index in [4.69, 9.17) is 4.74 Å². The molecule has 0 fully saturated rings. The molecule has 0 radical (unpaired) electrons. The number of carbonyl (C=O) groups excluding carboxylic acids is 1. The summed E-state index contributed by atoms with van der Waals surface area (Å²) in [6, 6.07) is 12.5. The van der Waals surface area contributed by atoms with Crippen molar-refractivity contribution >= 4 is 17.3 Å². The molecule has 0 aromatic heterocycles. The zero-order valence-corrected chi connectivity index (χ0v) is 15.9. The topological polar surface area (TPSA) is 84.7 Å². The lowest BCUT2D eigenvalue weighted by Crippen LogP contribution is -2.24. The van der Waals surface area contributed by atoms with E-state index in [0.717, 1.165) is 13.0 Å². The summed E-state index contributed by atoms with van der Waals surface area (Å²) in [7, 11) is 3.41. The van der Waals surface area contributed by atoms with Gasteiger partial charge >= 0.3 is 0 Å². The molecule has 27 heavy (non-hydrogen) atoms. The van der Waals surface area contributed by atoms with Crippen LogP contribution in [0.5, 0.6) is 5.75 Å². The van der Waals surface area contributed by atoms with Crippen LogP contribution in [0.1, 0.15) is 24.5 Å². The Morgan fingerprint density at radius 2 is 1.85 bits per heavy atom. The number of methoxy groups -OCH3 is 1. The van der Waals surface area contributed by atoms with E-state index in [1.165, 1.54) is 36.4 Å². The molecule has 0 aliphatic rings. The third kappa shape index (κ3) is 6.07. The van der Waals surface area contributed by atoms with E-state index in [1.807, 2.05) is 7.05 Å². The third-order valence-corrected chi connectivity index (χ3v) is 4.27. The SMILES string of the molecule is CCc1ccc(CN(C)CCC(=O)Nc2cc([N+](=O)[O-])ccc2OC)cc1. The lowest BCUT2D eigenvalue weighted by Gasteiger charge is -2.17. The molecule has 0 spiro atoms. The monoisotopic (exact) mass is 371 g/mol. The van der Waals surface area contributed by atoms with Gasteiger partial charge in [-0.05, 0) is 30.7 Å². The molecule has 2 aromatic carbocycles. The molecule has 0 aliphatic heterocycles. The average Bonchev–Trinajstić information content (AvgIpc) is 2.67. The van der Waals surface area contributed by atoms with Crippen LogP contribution in [0.4, 0.5) is 11.4 Å². The summed E-state index contributed by atoms with van der Waals surface area (Å²) < 4.78 is 5.16. The van der Waals surface area contributed by atoms with Gasteiger partial charge in [0.2, 0.25) is 5.91 Å². The lowest BCUT2D eigenvalue weighted by molar-refractivity contribution is -0.384. The summed E-state index contributed by atoms with van der Waals surface area (Å²) in [5.74, 6) is 0.167. The Hall–Kier alpha value is -2.93. The van der Waals surface area contributed by atoms with Crippen molar-refractivity contribution in [2.75, 3.05) is 26.0 Å². The van der Waals surface area contributed by atoms with Gasteiger partial charge in [-0.15, -0.1) is 0 Å². The first-order valence-corrected chi connectivity index (χ1v) is 8.81. The molecule has 0 aliphatic carbocycles. The summed E-state index contributed by atoms with van der Waals surface area (Å²) in [6.45, 7) is 3.44. The number of carbonyl (C=O) groups is 1. The highest BCUT2D eigenvalue weighted by molar-refractivity contribution is 5.92. The van der Waals surface area contributed by atoms with E-state index in [0.29, 0.717) is 18.0 Å². The van der Waals surface area contributed by atoms with Crippen LogP contribution in [0.15, 0.2) is 42.5 Å². The van der Waals surface area contributed by atoms with Crippen LogP contribution in [0.3, 0.4) is 0 Å². The highest BCUT2D eigenvalue weighted by Gasteiger charge is 2.14. The molecule has 0 saturated carbocycles. The molecular formula is C20H25N3O4. The van der Waals surface area contributed by atoms with E-state index >= 15 is 0 Å². The Labute approximate surface area is 159 Å².